The smallest absolute Gasteiger partial charge is 0.326 e. The zero-order valence-corrected chi connectivity index (χ0v) is 17.4. The Morgan fingerprint density at radius 2 is 1.63 bits per heavy atom. The molecule has 0 spiro atoms. The Morgan fingerprint density at radius 1 is 1.00 bits per heavy atom. The molecule has 0 atom stereocenters. The molecule has 2 N–H and O–H groups in total. The quantitative estimate of drug-likeness (QED) is 0.619. The fourth-order valence-electron chi connectivity index (χ4n) is 2.96. The molecule has 30 heavy (non-hydrogen) atoms. The summed E-state index contributed by atoms with van der Waals surface area (Å²) >= 11 is 5.93. The Labute approximate surface area is 179 Å². The molecule has 154 valence electrons. The number of ether oxygens (including phenoxy) is 2. The number of carbonyl (C=O) groups is 2. The number of amides is 3. The van der Waals surface area contributed by atoms with Crippen molar-refractivity contribution in [1.82, 2.24) is 10.3 Å². The summed E-state index contributed by atoms with van der Waals surface area (Å²) < 4.78 is 10.4. The van der Waals surface area contributed by atoms with Gasteiger partial charge in [-0.15, -0.1) is 0 Å². The molecule has 8 heteroatoms. The summed E-state index contributed by atoms with van der Waals surface area (Å²) in [6, 6.07) is 13.3. The van der Waals surface area contributed by atoms with Crippen molar-refractivity contribution in [3.05, 3.63) is 70.9 Å². The molecule has 0 fully saturated rings. The molecule has 1 aromatic heterocycles. The minimum atomic E-state index is -0.701. The van der Waals surface area contributed by atoms with Gasteiger partial charge in [-0.3, -0.25) is 15.1 Å². The van der Waals surface area contributed by atoms with Gasteiger partial charge in [-0.1, -0.05) is 29.8 Å². The molecular formula is C22H20ClN3O4. The van der Waals surface area contributed by atoms with Gasteiger partial charge in [0, 0.05) is 10.6 Å². The first-order valence-corrected chi connectivity index (χ1v) is 9.36. The van der Waals surface area contributed by atoms with Gasteiger partial charge >= 0.3 is 6.03 Å². The molecule has 3 amide bonds. The van der Waals surface area contributed by atoms with E-state index in [4.69, 9.17) is 21.1 Å². The van der Waals surface area contributed by atoms with E-state index in [1.165, 1.54) is 20.4 Å². The third kappa shape index (κ3) is 4.69. The summed E-state index contributed by atoms with van der Waals surface area (Å²) in [5.74, 6) is -0.0572. The second-order valence-electron chi connectivity index (χ2n) is 6.34. The molecule has 3 aromatic rings. The van der Waals surface area contributed by atoms with Gasteiger partial charge in [0.15, 0.2) is 0 Å². The number of nitrogens with zero attached hydrogens (tertiary/aromatic N) is 1. The van der Waals surface area contributed by atoms with E-state index in [0.717, 1.165) is 16.8 Å². The van der Waals surface area contributed by atoms with Crippen molar-refractivity contribution >= 4 is 29.2 Å². The molecule has 0 bridgehead atoms. The SMILES string of the molecule is COc1cccc(OC)c1C(=O)NC(=O)Nc1cnc(-c2ccc(Cl)cc2)c(C)c1. The molecule has 0 radical (unpaired) electrons. The lowest BCUT2D eigenvalue weighted by Crippen LogP contribution is -2.34. The average Bonchev–Trinajstić information content (AvgIpc) is 2.73. The van der Waals surface area contributed by atoms with Gasteiger partial charge in [0.05, 0.1) is 31.8 Å². The number of imide groups is 1. The first-order chi connectivity index (χ1) is 14.4. The highest BCUT2D eigenvalue weighted by Gasteiger charge is 2.20. The number of anilines is 1. The first kappa shape index (κ1) is 21.1. The van der Waals surface area contributed by atoms with E-state index >= 15 is 0 Å². The third-order valence-electron chi connectivity index (χ3n) is 4.34. The Morgan fingerprint density at radius 3 is 2.20 bits per heavy atom. The number of aryl methyl sites for hydroxylation is 1. The zero-order valence-electron chi connectivity index (χ0n) is 16.7. The number of urea groups is 1. The van der Waals surface area contributed by atoms with Crippen LogP contribution in [0.3, 0.4) is 0 Å². The number of carbonyl (C=O) groups excluding carboxylic acids is 2. The Kier molecular flexibility index (Phi) is 6.54. The number of methoxy groups -OCH3 is 2. The summed E-state index contributed by atoms with van der Waals surface area (Å²) in [5.41, 5.74) is 3.11. The van der Waals surface area contributed by atoms with Crippen LogP contribution in [0.5, 0.6) is 11.5 Å². The number of rotatable bonds is 5. The van der Waals surface area contributed by atoms with Crippen molar-refractivity contribution in [2.75, 3.05) is 19.5 Å². The van der Waals surface area contributed by atoms with Crippen LogP contribution in [0, 0.1) is 6.92 Å². The largest absolute Gasteiger partial charge is 0.496 e. The summed E-state index contributed by atoms with van der Waals surface area (Å²) in [6.07, 6.45) is 1.52. The standard InChI is InChI=1S/C22H20ClN3O4/c1-13-11-16(12-24-20(13)14-7-9-15(23)10-8-14)25-22(28)26-21(27)19-17(29-2)5-4-6-18(19)30-3/h4-12H,1-3H3,(H2,25,26,27,28). The lowest BCUT2D eigenvalue weighted by molar-refractivity contribution is 0.0961. The second-order valence-corrected chi connectivity index (χ2v) is 6.78. The number of benzene rings is 2. The molecule has 3 rings (SSSR count). The molecular weight excluding hydrogens is 406 g/mol. The molecule has 0 saturated carbocycles. The molecule has 0 saturated heterocycles. The van der Waals surface area contributed by atoms with Crippen molar-refractivity contribution in [3.63, 3.8) is 0 Å². The number of nitrogens with one attached hydrogen (secondary N) is 2. The molecule has 1 heterocycles. The highest BCUT2D eigenvalue weighted by atomic mass is 35.5. The van der Waals surface area contributed by atoms with Crippen LogP contribution < -0.4 is 20.1 Å². The first-order valence-electron chi connectivity index (χ1n) is 8.99. The van der Waals surface area contributed by atoms with E-state index in [2.05, 4.69) is 15.6 Å². The van der Waals surface area contributed by atoms with Crippen LogP contribution >= 0.6 is 11.6 Å². The van der Waals surface area contributed by atoms with Gasteiger partial charge in [-0.05, 0) is 42.8 Å². The van der Waals surface area contributed by atoms with Crippen LogP contribution in [0.2, 0.25) is 5.02 Å². The molecule has 2 aromatic carbocycles. The van der Waals surface area contributed by atoms with Crippen molar-refractivity contribution in [2.24, 2.45) is 0 Å². The summed E-state index contributed by atoms with van der Waals surface area (Å²) in [5, 5.41) is 5.53. The van der Waals surface area contributed by atoms with E-state index in [1.54, 1.807) is 36.4 Å². The number of hydrogen-bond acceptors (Lipinski definition) is 5. The van der Waals surface area contributed by atoms with Crippen LogP contribution in [-0.4, -0.2) is 31.1 Å². The number of pyridine rings is 1. The van der Waals surface area contributed by atoms with Gasteiger partial charge in [0.2, 0.25) is 0 Å². The Bertz CT molecular complexity index is 1060. The topological polar surface area (TPSA) is 89.5 Å². The fourth-order valence-corrected chi connectivity index (χ4v) is 3.08. The van der Waals surface area contributed by atoms with Gasteiger partial charge in [0.25, 0.3) is 5.91 Å². The Hall–Kier alpha value is -3.58. The van der Waals surface area contributed by atoms with Gasteiger partial charge < -0.3 is 14.8 Å². The van der Waals surface area contributed by atoms with Crippen molar-refractivity contribution in [1.29, 1.82) is 0 Å². The number of hydrogen-bond donors (Lipinski definition) is 2. The zero-order chi connectivity index (χ0) is 21.7. The predicted octanol–water partition coefficient (Wildman–Crippen LogP) is 4.69. The Balaban J connectivity index is 1.73. The second kappa shape index (κ2) is 9.28. The van der Waals surface area contributed by atoms with E-state index in [0.29, 0.717) is 22.2 Å². The van der Waals surface area contributed by atoms with Crippen LogP contribution in [-0.2, 0) is 0 Å². The maximum atomic E-state index is 12.6. The normalized spacial score (nSPS) is 10.3. The van der Waals surface area contributed by atoms with E-state index in [9.17, 15) is 9.59 Å². The van der Waals surface area contributed by atoms with Crippen molar-refractivity contribution in [2.45, 2.75) is 6.92 Å². The molecule has 7 nitrogen and oxygen atoms in total. The van der Waals surface area contributed by atoms with Gasteiger partial charge in [-0.25, -0.2) is 4.79 Å². The third-order valence-corrected chi connectivity index (χ3v) is 4.59. The van der Waals surface area contributed by atoms with Crippen molar-refractivity contribution in [3.8, 4) is 22.8 Å². The van der Waals surface area contributed by atoms with Crippen LogP contribution in [0.15, 0.2) is 54.7 Å². The lowest BCUT2D eigenvalue weighted by atomic mass is 10.1. The lowest BCUT2D eigenvalue weighted by Gasteiger charge is -2.13. The highest BCUT2D eigenvalue weighted by Crippen LogP contribution is 2.28. The number of halogens is 1. The van der Waals surface area contributed by atoms with E-state index < -0.39 is 11.9 Å². The van der Waals surface area contributed by atoms with E-state index in [1.807, 2.05) is 19.1 Å². The fraction of sp³-hybridized carbons (Fsp3) is 0.136. The van der Waals surface area contributed by atoms with Crippen LogP contribution in [0.1, 0.15) is 15.9 Å². The minimum absolute atomic E-state index is 0.130. The van der Waals surface area contributed by atoms with E-state index in [-0.39, 0.29) is 5.56 Å². The predicted molar refractivity (Wildman–Crippen MR) is 115 cm³/mol. The molecule has 0 unspecified atom stereocenters. The van der Waals surface area contributed by atoms with Gasteiger partial charge in [-0.2, -0.15) is 0 Å². The van der Waals surface area contributed by atoms with Crippen LogP contribution in [0.4, 0.5) is 10.5 Å². The summed E-state index contributed by atoms with van der Waals surface area (Å²) in [7, 11) is 2.87. The molecule has 0 aliphatic heterocycles. The van der Waals surface area contributed by atoms with Gasteiger partial charge in [0.1, 0.15) is 17.1 Å². The van der Waals surface area contributed by atoms with Crippen LogP contribution in [0.25, 0.3) is 11.3 Å². The highest BCUT2D eigenvalue weighted by molar-refractivity contribution is 6.30. The maximum Gasteiger partial charge on any atom is 0.326 e. The van der Waals surface area contributed by atoms with Crippen molar-refractivity contribution < 1.29 is 19.1 Å². The minimum Gasteiger partial charge on any atom is -0.496 e. The average molecular weight is 426 g/mol. The maximum absolute atomic E-state index is 12.6. The molecule has 0 aliphatic carbocycles. The monoisotopic (exact) mass is 425 g/mol. The molecule has 0 aliphatic rings. The summed E-state index contributed by atoms with van der Waals surface area (Å²) in [4.78, 5) is 29.3. The number of aromatic nitrogens is 1. The summed E-state index contributed by atoms with van der Waals surface area (Å²) in [6.45, 7) is 1.88.